The summed E-state index contributed by atoms with van der Waals surface area (Å²) < 4.78 is 6.42. The number of hydrogen-bond acceptors (Lipinski definition) is 3. The van der Waals surface area contributed by atoms with E-state index in [1.165, 1.54) is 18.1 Å². The van der Waals surface area contributed by atoms with Gasteiger partial charge in [-0.1, -0.05) is 0 Å². The van der Waals surface area contributed by atoms with Crippen molar-refractivity contribution in [3.05, 3.63) is 18.5 Å². The zero-order valence-electron chi connectivity index (χ0n) is 5.94. The second-order valence-corrected chi connectivity index (χ2v) is 2.16. The minimum Gasteiger partial charge on any atom is -0.503 e. The van der Waals surface area contributed by atoms with Gasteiger partial charge >= 0.3 is 0 Å². The molecule has 0 atom stereocenters. The van der Waals surface area contributed by atoms with E-state index in [0.717, 1.165) is 0 Å². The Morgan fingerprint density at radius 3 is 3.18 bits per heavy atom. The SMILES string of the molecule is COn1ccc2occ(O)c21. The smallest absolute Gasteiger partial charge is 0.182 e. The Labute approximate surface area is 62.6 Å². The number of nitrogens with zero attached hydrogens (tertiary/aromatic N) is 1. The summed E-state index contributed by atoms with van der Waals surface area (Å²) in [5, 5.41) is 9.22. The van der Waals surface area contributed by atoms with Gasteiger partial charge in [-0.2, -0.15) is 4.73 Å². The molecule has 0 saturated heterocycles. The van der Waals surface area contributed by atoms with Crippen LogP contribution in [0, 0.1) is 0 Å². The molecule has 2 aromatic rings. The standard InChI is InChI=1S/C7H7NO3/c1-10-8-3-2-6-7(8)5(9)4-11-6/h2-4,9H,1H3. The third-order valence-corrected chi connectivity index (χ3v) is 1.55. The number of hydrogen-bond donors (Lipinski definition) is 1. The molecular formula is C7H7NO3. The lowest BCUT2D eigenvalue weighted by Gasteiger charge is -1.98. The first-order valence-corrected chi connectivity index (χ1v) is 3.15. The highest BCUT2D eigenvalue weighted by atomic mass is 16.6. The number of aromatic nitrogens is 1. The van der Waals surface area contributed by atoms with E-state index >= 15 is 0 Å². The van der Waals surface area contributed by atoms with Crippen LogP contribution in [0.1, 0.15) is 0 Å². The molecule has 0 radical (unpaired) electrons. The van der Waals surface area contributed by atoms with Crippen LogP contribution >= 0.6 is 0 Å². The Balaban J connectivity index is 2.80. The Hall–Kier alpha value is -1.58. The van der Waals surface area contributed by atoms with Gasteiger partial charge in [0.05, 0.1) is 0 Å². The molecule has 0 saturated carbocycles. The zero-order valence-corrected chi connectivity index (χ0v) is 5.94. The van der Waals surface area contributed by atoms with Gasteiger partial charge in [0.2, 0.25) is 0 Å². The van der Waals surface area contributed by atoms with E-state index in [4.69, 9.17) is 9.25 Å². The van der Waals surface area contributed by atoms with E-state index < -0.39 is 0 Å². The van der Waals surface area contributed by atoms with Crippen LogP contribution in [0.4, 0.5) is 0 Å². The quantitative estimate of drug-likeness (QED) is 0.664. The van der Waals surface area contributed by atoms with Gasteiger partial charge in [-0.15, -0.1) is 0 Å². The van der Waals surface area contributed by atoms with Crippen molar-refractivity contribution in [1.29, 1.82) is 0 Å². The first-order chi connectivity index (χ1) is 5.33. The summed E-state index contributed by atoms with van der Waals surface area (Å²) in [5.41, 5.74) is 1.18. The minimum atomic E-state index is 0.0897. The Morgan fingerprint density at radius 2 is 2.45 bits per heavy atom. The van der Waals surface area contributed by atoms with Crippen molar-refractivity contribution in [1.82, 2.24) is 4.73 Å². The lowest BCUT2D eigenvalue weighted by atomic mass is 10.5. The van der Waals surface area contributed by atoms with E-state index in [0.29, 0.717) is 11.1 Å². The summed E-state index contributed by atoms with van der Waals surface area (Å²) in [7, 11) is 1.52. The van der Waals surface area contributed by atoms with Gasteiger partial charge in [-0.05, 0) is 0 Å². The van der Waals surface area contributed by atoms with Crippen LogP contribution in [0.15, 0.2) is 22.9 Å². The molecule has 2 heterocycles. The zero-order chi connectivity index (χ0) is 7.84. The van der Waals surface area contributed by atoms with Crippen molar-refractivity contribution in [2.75, 3.05) is 7.11 Å². The first kappa shape index (κ1) is 6.15. The van der Waals surface area contributed by atoms with Crippen LogP contribution in [0.2, 0.25) is 0 Å². The Kier molecular flexibility index (Phi) is 1.09. The largest absolute Gasteiger partial charge is 0.503 e. The monoisotopic (exact) mass is 153 g/mol. The molecule has 2 rings (SSSR count). The molecule has 0 aliphatic heterocycles. The molecular weight excluding hydrogens is 146 g/mol. The second kappa shape index (κ2) is 1.95. The van der Waals surface area contributed by atoms with Crippen molar-refractivity contribution in [3.63, 3.8) is 0 Å². The molecule has 11 heavy (non-hydrogen) atoms. The molecule has 0 aromatic carbocycles. The number of aromatic hydroxyl groups is 1. The molecule has 0 bridgehead atoms. The summed E-state index contributed by atoms with van der Waals surface area (Å²) in [5.74, 6) is 0.0897. The van der Waals surface area contributed by atoms with Crippen LogP contribution < -0.4 is 4.84 Å². The Morgan fingerprint density at radius 1 is 1.64 bits per heavy atom. The highest BCUT2D eigenvalue weighted by Crippen LogP contribution is 2.26. The van der Waals surface area contributed by atoms with Crippen molar-refractivity contribution < 1.29 is 14.4 Å². The lowest BCUT2D eigenvalue weighted by Crippen LogP contribution is -2.02. The lowest BCUT2D eigenvalue weighted by molar-refractivity contribution is 0.178. The summed E-state index contributed by atoms with van der Waals surface area (Å²) >= 11 is 0. The van der Waals surface area contributed by atoms with Crippen molar-refractivity contribution in [2.45, 2.75) is 0 Å². The highest BCUT2D eigenvalue weighted by molar-refractivity contribution is 5.80. The van der Waals surface area contributed by atoms with Gasteiger partial charge in [0.1, 0.15) is 13.4 Å². The molecule has 0 unspecified atom stereocenters. The summed E-state index contributed by atoms with van der Waals surface area (Å²) in [6.07, 6.45) is 2.95. The van der Waals surface area contributed by atoms with Crippen LogP contribution in [-0.4, -0.2) is 16.9 Å². The maximum atomic E-state index is 9.22. The molecule has 1 N–H and O–H groups in total. The summed E-state index contributed by atoms with van der Waals surface area (Å²) in [4.78, 5) is 4.90. The molecule has 4 nitrogen and oxygen atoms in total. The average molecular weight is 153 g/mol. The van der Waals surface area contributed by atoms with Crippen LogP contribution in [0.5, 0.6) is 5.75 Å². The molecule has 0 fully saturated rings. The maximum Gasteiger partial charge on any atom is 0.182 e. The predicted octanol–water partition coefficient (Wildman–Crippen LogP) is 0.998. The van der Waals surface area contributed by atoms with Crippen LogP contribution in [0.3, 0.4) is 0 Å². The van der Waals surface area contributed by atoms with Crippen molar-refractivity contribution >= 4 is 11.1 Å². The number of fused-ring (bicyclic) bond motifs is 1. The highest BCUT2D eigenvalue weighted by Gasteiger charge is 2.09. The first-order valence-electron chi connectivity index (χ1n) is 3.15. The fourth-order valence-corrected chi connectivity index (χ4v) is 1.06. The van der Waals surface area contributed by atoms with Gasteiger partial charge in [-0.3, -0.25) is 0 Å². The average Bonchev–Trinajstić information content (AvgIpc) is 2.54. The van der Waals surface area contributed by atoms with E-state index in [1.807, 2.05) is 0 Å². The molecule has 4 heteroatoms. The fraction of sp³-hybridized carbons (Fsp3) is 0.143. The van der Waals surface area contributed by atoms with E-state index in [-0.39, 0.29) is 5.75 Å². The normalized spacial score (nSPS) is 10.6. The third kappa shape index (κ3) is 0.690. The maximum absolute atomic E-state index is 9.22. The minimum absolute atomic E-state index is 0.0897. The fourth-order valence-electron chi connectivity index (χ4n) is 1.06. The van der Waals surface area contributed by atoms with Crippen LogP contribution in [-0.2, 0) is 0 Å². The van der Waals surface area contributed by atoms with Gasteiger partial charge in [0.25, 0.3) is 0 Å². The number of furan rings is 1. The van der Waals surface area contributed by atoms with E-state index in [1.54, 1.807) is 12.3 Å². The van der Waals surface area contributed by atoms with Gasteiger partial charge in [0, 0.05) is 12.3 Å². The molecule has 0 spiro atoms. The number of rotatable bonds is 1. The van der Waals surface area contributed by atoms with E-state index in [2.05, 4.69) is 0 Å². The van der Waals surface area contributed by atoms with Gasteiger partial charge in [-0.25, -0.2) is 0 Å². The molecule has 0 amide bonds. The van der Waals surface area contributed by atoms with Crippen molar-refractivity contribution in [2.24, 2.45) is 0 Å². The summed E-state index contributed by atoms with van der Waals surface area (Å²) in [6, 6.07) is 1.72. The Bertz CT molecular complexity index is 374. The van der Waals surface area contributed by atoms with Gasteiger partial charge < -0.3 is 14.4 Å². The van der Waals surface area contributed by atoms with Crippen LogP contribution in [0.25, 0.3) is 11.1 Å². The molecule has 0 aliphatic rings. The second-order valence-electron chi connectivity index (χ2n) is 2.16. The summed E-state index contributed by atoms with van der Waals surface area (Å²) in [6.45, 7) is 0. The van der Waals surface area contributed by atoms with Gasteiger partial charge in [0.15, 0.2) is 16.8 Å². The van der Waals surface area contributed by atoms with E-state index in [9.17, 15) is 5.11 Å². The van der Waals surface area contributed by atoms with Crippen molar-refractivity contribution in [3.8, 4) is 5.75 Å². The predicted molar refractivity (Wildman–Crippen MR) is 38.4 cm³/mol. The third-order valence-electron chi connectivity index (χ3n) is 1.55. The topological polar surface area (TPSA) is 47.5 Å². The molecule has 2 aromatic heterocycles. The molecule has 0 aliphatic carbocycles. The molecule has 58 valence electrons.